The lowest BCUT2D eigenvalue weighted by atomic mass is 9.97. The number of halogens is 2. The summed E-state index contributed by atoms with van der Waals surface area (Å²) >= 11 is 0. The largest absolute Gasteiger partial charge is 0.345 e. The molecule has 0 spiro atoms. The van der Waals surface area contributed by atoms with Crippen LogP contribution in [0, 0.1) is 18.6 Å². The smallest absolute Gasteiger partial charge is 0.232 e. The van der Waals surface area contributed by atoms with E-state index in [4.69, 9.17) is 0 Å². The quantitative estimate of drug-likeness (QED) is 0.490. The fourth-order valence-electron chi connectivity index (χ4n) is 3.51. The Bertz CT molecular complexity index is 1200. The van der Waals surface area contributed by atoms with Gasteiger partial charge in [-0.2, -0.15) is 0 Å². The number of hydrogen-bond donors (Lipinski definition) is 1. The monoisotopic (exact) mass is 472 g/mol. The molecular weight excluding hydrogens is 446 g/mol. The molecule has 0 aliphatic carbocycles. The molecule has 0 aromatic heterocycles. The molecule has 0 aliphatic heterocycles. The highest BCUT2D eigenvalue weighted by Crippen LogP contribution is 2.24. The van der Waals surface area contributed by atoms with Crippen molar-refractivity contribution in [3.63, 3.8) is 0 Å². The molecule has 0 unspecified atom stereocenters. The van der Waals surface area contributed by atoms with Crippen LogP contribution in [0.5, 0.6) is 0 Å². The molecule has 8 heteroatoms. The van der Waals surface area contributed by atoms with E-state index in [1.165, 1.54) is 6.07 Å². The Balaban J connectivity index is 1.70. The highest BCUT2D eigenvalue weighted by Gasteiger charge is 2.20. The molecule has 3 aromatic carbocycles. The highest BCUT2D eigenvalue weighted by molar-refractivity contribution is 7.92. The van der Waals surface area contributed by atoms with Gasteiger partial charge in [-0.25, -0.2) is 17.2 Å². The lowest BCUT2D eigenvalue weighted by molar-refractivity contribution is -0.121. The molecule has 3 rings (SSSR count). The number of benzene rings is 3. The molecule has 1 atom stereocenters. The Morgan fingerprint density at radius 1 is 0.939 bits per heavy atom. The van der Waals surface area contributed by atoms with Crippen molar-refractivity contribution in [2.45, 2.75) is 25.8 Å². The maximum Gasteiger partial charge on any atom is 0.232 e. The van der Waals surface area contributed by atoms with Crippen LogP contribution >= 0.6 is 0 Å². The van der Waals surface area contributed by atoms with E-state index in [-0.39, 0.29) is 37.0 Å². The summed E-state index contributed by atoms with van der Waals surface area (Å²) < 4.78 is 52.2. The van der Waals surface area contributed by atoms with Crippen LogP contribution in [0.4, 0.5) is 14.5 Å². The van der Waals surface area contributed by atoms with Gasteiger partial charge in [0.25, 0.3) is 0 Å². The zero-order valence-corrected chi connectivity index (χ0v) is 19.3. The van der Waals surface area contributed by atoms with Crippen LogP contribution in [0.3, 0.4) is 0 Å². The van der Waals surface area contributed by atoms with Gasteiger partial charge in [0.15, 0.2) is 11.6 Å². The summed E-state index contributed by atoms with van der Waals surface area (Å²) in [6.07, 6.45) is 1.25. The molecule has 0 fully saturated rings. The maximum atomic E-state index is 13.6. The second kappa shape index (κ2) is 10.6. The second-order valence-corrected chi connectivity index (χ2v) is 9.77. The zero-order valence-electron chi connectivity index (χ0n) is 18.5. The van der Waals surface area contributed by atoms with Gasteiger partial charge in [0.1, 0.15) is 0 Å². The van der Waals surface area contributed by atoms with Crippen molar-refractivity contribution in [1.29, 1.82) is 0 Å². The zero-order chi connectivity index (χ0) is 24.0. The van der Waals surface area contributed by atoms with Gasteiger partial charge in [-0.15, -0.1) is 0 Å². The summed E-state index contributed by atoms with van der Waals surface area (Å²) in [6.45, 7) is 1.94. The average Bonchev–Trinajstić information content (AvgIpc) is 2.77. The van der Waals surface area contributed by atoms with E-state index < -0.39 is 21.7 Å². The molecule has 1 N–H and O–H groups in total. The standard InChI is InChI=1S/C25H26F2N2O3S/c1-18-10-12-20(13-11-18)25(19-7-4-3-5-8-19)28-24(30)9-6-16-29(33(2,31)32)21-14-15-22(26)23(27)17-21/h3-5,7-8,10-15,17,25H,6,9,16H2,1-2H3,(H,28,30)/t25-/m0/s1. The fourth-order valence-corrected chi connectivity index (χ4v) is 4.46. The van der Waals surface area contributed by atoms with E-state index in [0.29, 0.717) is 0 Å². The molecule has 174 valence electrons. The van der Waals surface area contributed by atoms with Crippen LogP contribution in [0.25, 0.3) is 0 Å². The lowest BCUT2D eigenvalue weighted by Gasteiger charge is -2.23. The first-order valence-corrected chi connectivity index (χ1v) is 12.3. The molecule has 0 bridgehead atoms. The van der Waals surface area contributed by atoms with E-state index in [1.54, 1.807) is 0 Å². The van der Waals surface area contributed by atoms with E-state index >= 15 is 0 Å². The van der Waals surface area contributed by atoms with Crippen molar-refractivity contribution in [3.8, 4) is 0 Å². The summed E-state index contributed by atoms with van der Waals surface area (Å²) in [5.41, 5.74) is 2.97. The number of aryl methyl sites for hydroxylation is 1. The van der Waals surface area contributed by atoms with Crippen molar-refractivity contribution in [2.24, 2.45) is 0 Å². The molecule has 0 saturated heterocycles. The Morgan fingerprint density at radius 2 is 1.58 bits per heavy atom. The summed E-state index contributed by atoms with van der Waals surface area (Å²) in [6, 6.07) is 20.0. The number of anilines is 1. The van der Waals surface area contributed by atoms with Gasteiger partial charge in [-0.05, 0) is 36.6 Å². The first kappa shape index (κ1) is 24.4. The van der Waals surface area contributed by atoms with E-state index in [9.17, 15) is 22.0 Å². The van der Waals surface area contributed by atoms with Crippen LogP contribution < -0.4 is 9.62 Å². The molecule has 0 aliphatic rings. The van der Waals surface area contributed by atoms with E-state index in [2.05, 4.69) is 5.32 Å². The lowest BCUT2D eigenvalue weighted by Crippen LogP contribution is -2.33. The Morgan fingerprint density at radius 3 is 2.18 bits per heavy atom. The molecule has 0 heterocycles. The summed E-state index contributed by atoms with van der Waals surface area (Å²) in [7, 11) is -3.75. The van der Waals surface area contributed by atoms with Crippen LogP contribution in [-0.4, -0.2) is 27.1 Å². The Labute approximate surface area is 193 Å². The molecule has 33 heavy (non-hydrogen) atoms. The molecule has 0 saturated carbocycles. The third kappa shape index (κ3) is 6.61. The first-order valence-electron chi connectivity index (χ1n) is 10.5. The number of rotatable bonds is 9. The third-order valence-electron chi connectivity index (χ3n) is 5.21. The van der Waals surface area contributed by atoms with Crippen molar-refractivity contribution in [2.75, 3.05) is 17.1 Å². The highest BCUT2D eigenvalue weighted by atomic mass is 32.2. The molecule has 5 nitrogen and oxygen atoms in total. The molecular formula is C25H26F2N2O3S. The van der Waals surface area contributed by atoms with Crippen molar-refractivity contribution < 1.29 is 22.0 Å². The molecule has 3 aromatic rings. The number of sulfonamides is 1. The second-order valence-electron chi connectivity index (χ2n) is 7.86. The number of amides is 1. The van der Waals surface area contributed by atoms with Crippen LogP contribution in [0.15, 0.2) is 72.8 Å². The number of carbonyl (C=O) groups is 1. The topological polar surface area (TPSA) is 66.5 Å². The molecule has 0 radical (unpaired) electrons. The summed E-state index contributed by atoms with van der Waals surface area (Å²) in [4.78, 5) is 12.7. The van der Waals surface area contributed by atoms with E-state index in [0.717, 1.165) is 39.4 Å². The Kier molecular flexibility index (Phi) is 7.81. The van der Waals surface area contributed by atoms with E-state index in [1.807, 2.05) is 61.5 Å². The number of carbonyl (C=O) groups excluding carboxylic acids is 1. The van der Waals surface area contributed by atoms with Crippen molar-refractivity contribution >= 4 is 21.6 Å². The Hall–Kier alpha value is -3.26. The summed E-state index contributed by atoms with van der Waals surface area (Å²) in [5, 5.41) is 3.02. The van der Waals surface area contributed by atoms with Gasteiger partial charge in [-0.1, -0.05) is 60.2 Å². The first-order chi connectivity index (χ1) is 15.6. The van der Waals surface area contributed by atoms with Gasteiger partial charge in [0.2, 0.25) is 15.9 Å². The third-order valence-corrected chi connectivity index (χ3v) is 6.40. The number of nitrogens with zero attached hydrogens (tertiary/aromatic N) is 1. The van der Waals surface area contributed by atoms with Gasteiger partial charge in [0, 0.05) is 19.0 Å². The predicted octanol–water partition coefficient (Wildman–Crippen LogP) is 4.73. The minimum Gasteiger partial charge on any atom is -0.345 e. The van der Waals surface area contributed by atoms with Gasteiger partial charge >= 0.3 is 0 Å². The predicted molar refractivity (Wildman–Crippen MR) is 125 cm³/mol. The van der Waals surface area contributed by atoms with Crippen molar-refractivity contribution in [3.05, 3.63) is 101 Å². The minimum absolute atomic E-state index is 0.0126. The van der Waals surface area contributed by atoms with Gasteiger partial charge < -0.3 is 5.32 Å². The van der Waals surface area contributed by atoms with Gasteiger partial charge in [-0.3, -0.25) is 9.10 Å². The maximum absolute atomic E-state index is 13.6. The van der Waals surface area contributed by atoms with Crippen LogP contribution in [0.2, 0.25) is 0 Å². The fraction of sp³-hybridized carbons (Fsp3) is 0.240. The van der Waals surface area contributed by atoms with Gasteiger partial charge in [0.05, 0.1) is 18.0 Å². The SMILES string of the molecule is Cc1ccc([C@@H](NC(=O)CCCN(c2ccc(F)c(F)c2)S(C)(=O)=O)c2ccccc2)cc1. The average molecular weight is 473 g/mol. The van der Waals surface area contributed by atoms with Crippen LogP contribution in [-0.2, 0) is 14.8 Å². The molecule has 1 amide bonds. The number of hydrogen-bond acceptors (Lipinski definition) is 3. The van der Waals surface area contributed by atoms with Crippen molar-refractivity contribution in [1.82, 2.24) is 5.32 Å². The normalized spacial score (nSPS) is 12.2. The number of nitrogens with one attached hydrogen (secondary N) is 1. The minimum atomic E-state index is -3.75. The van der Waals surface area contributed by atoms with Crippen LogP contribution in [0.1, 0.15) is 35.6 Å². The summed E-state index contributed by atoms with van der Waals surface area (Å²) in [5.74, 6) is -2.44.